The largest absolute Gasteiger partial charge is 0.359 e. The highest BCUT2D eigenvalue weighted by atomic mass is 19.1. The lowest BCUT2D eigenvalue weighted by molar-refractivity contribution is -0.122. The number of piperidine rings is 1. The molecule has 0 radical (unpaired) electrons. The maximum atomic E-state index is 14.9. The Morgan fingerprint density at radius 2 is 1.87 bits per heavy atom. The number of rotatable bonds is 8. The molecule has 2 aromatic rings. The normalized spacial score (nSPS) is 15.4. The number of benzene rings is 1. The van der Waals surface area contributed by atoms with Gasteiger partial charge in [-0.15, -0.1) is 0 Å². The van der Waals surface area contributed by atoms with E-state index in [0.29, 0.717) is 49.9 Å². The Hall–Kier alpha value is -3.23. The summed E-state index contributed by atoms with van der Waals surface area (Å²) in [4.78, 5) is 43.8. The quantitative estimate of drug-likeness (QED) is 0.648. The number of aldehydes is 2. The molecule has 1 aliphatic heterocycles. The molecule has 2 heterocycles. The van der Waals surface area contributed by atoms with Crippen molar-refractivity contribution in [3.8, 4) is 0 Å². The predicted octanol–water partition coefficient (Wildman–Crippen LogP) is 2.76. The van der Waals surface area contributed by atoms with Gasteiger partial charge in [0.2, 0.25) is 5.91 Å². The van der Waals surface area contributed by atoms with Gasteiger partial charge in [-0.1, -0.05) is 0 Å². The van der Waals surface area contributed by atoms with E-state index in [1.165, 1.54) is 31.6 Å². The van der Waals surface area contributed by atoms with Crippen LogP contribution in [-0.4, -0.2) is 48.6 Å². The molecule has 1 aromatic carbocycles. The summed E-state index contributed by atoms with van der Waals surface area (Å²) in [6, 6.07) is 2.60. The number of amides is 1. The van der Waals surface area contributed by atoms with Crippen LogP contribution in [0.15, 0.2) is 24.5 Å². The fraction of sp³-hybridized carbons (Fsp3) is 0.409. The summed E-state index contributed by atoms with van der Waals surface area (Å²) < 4.78 is 29.8. The Morgan fingerprint density at radius 1 is 1.19 bits per heavy atom. The maximum Gasteiger partial charge on any atom is 0.227 e. The molecule has 0 saturated carbocycles. The summed E-state index contributed by atoms with van der Waals surface area (Å²) in [7, 11) is 1.39. The van der Waals surface area contributed by atoms with E-state index in [2.05, 4.69) is 15.3 Å². The first-order valence-corrected chi connectivity index (χ1v) is 10.1. The monoisotopic (exact) mass is 430 g/mol. The summed E-state index contributed by atoms with van der Waals surface area (Å²) in [5, 5.41) is 2.41. The summed E-state index contributed by atoms with van der Waals surface area (Å²) in [5.74, 6) is -2.51. The topological polar surface area (TPSA) is 92.3 Å². The lowest BCUT2D eigenvalue weighted by Gasteiger charge is -2.33. The van der Waals surface area contributed by atoms with Gasteiger partial charge < -0.3 is 15.0 Å². The van der Waals surface area contributed by atoms with E-state index >= 15 is 0 Å². The number of likely N-dealkylation sites (N-methyl/N-ethyl adjacent to an activating group) is 1. The lowest BCUT2D eigenvalue weighted by atomic mass is 9.86. The van der Waals surface area contributed by atoms with Crippen LogP contribution < -0.4 is 10.2 Å². The number of hydrogen-bond acceptors (Lipinski definition) is 6. The molecule has 1 N–H and O–H groups in total. The van der Waals surface area contributed by atoms with Gasteiger partial charge in [0.1, 0.15) is 29.4 Å². The number of halogens is 2. The predicted molar refractivity (Wildman–Crippen MR) is 110 cm³/mol. The Balaban J connectivity index is 1.74. The van der Waals surface area contributed by atoms with Crippen LogP contribution in [0.2, 0.25) is 0 Å². The molecule has 7 nitrogen and oxygen atoms in total. The smallest absolute Gasteiger partial charge is 0.227 e. The van der Waals surface area contributed by atoms with E-state index in [1.54, 1.807) is 0 Å². The first-order valence-electron chi connectivity index (χ1n) is 10.1. The van der Waals surface area contributed by atoms with E-state index in [-0.39, 0.29) is 30.0 Å². The molecule has 1 aliphatic rings. The number of nitrogens with zero attached hydrogens (tertiary/aromatic N) is 3. The maximum absolute atomic E-state index is 14.9. The number of aromatic nitrogens is 2. The number of hydrogen-bond donors (Lipinski definition) is 1. The molecule has 0 spiro atoms. The van der Waals surface area contributed by atoms with Crippen molar-refractivity contribution in [3.05, 3.63) is 53.0 Å². The van der Waals surface area contributed by atoms with Crippen LogP contribution in [0.4, 0.5) is 14.6 Å². The van der Waals surface area contributed by atoms with Crippen LogP contribution in [0, 0.1) is 11.6 Å². The van der Waals surface area contributed by atoms with Gasteiger partial charge >= 0.3 is 0 Å². The summed E-state index contributed by atoms with van der Waals surface area (Å²) >= 11 is 0. The van der Waals surface area contributed by atoms with Crippen molar-refractivity contribution in [3.63, 3.8) is 0 Å². The van der Waals surface area contributed by atoms with Gasteiger partial charge in [-0.3, -0.25) is 9.59 Å². The van der Waals surface area contributed by atoms with Crippen LogP contribution >= 0.6 is 0 Å². The average molecular weight is 430 g/mol. The fourth-order valence-electron chi connectivity index (χ4n) is 3.99. The molecule has 0 bridgehead atoms. The zero-order valence-corrected chi connectivity index (χ0v) is 17.2. The van der Waals surface area contributed by atoms with Gasteiger partial charge in [-0.05, 0) is 42.9 Å². The third-order valence-corrected chi connectivity index (χ3v) is 5.66. The SMILES string of the molecule is CNC(=O)C(CCC=O)c1c(F)cc(C2CCN(c3cnc(C=O)cn3)CC2)cc1F. The standard InChI is InChI=1S/C22H24F2N4O3/c1-25-22(31)17(3-2-8-29)21-18(23)9-15(10-19(21)24)14-4-6-28(7-5-14)20-12-26-16(13-30)11-27-20/h8-14,17H,2-7H2,1H3,(H,25,31). The molecule has 1 fully saturated rings. The summed E-state index contributed by atoms with van der Waals surface area (Å²) in [6.07, 6.45) is 5.61. The lowest BCUT2D eigenvalue weighted by Crippen LogP contribution is -2.33. The molecule has 1 aromatic heterocycles. The van der Waals surface area contributed by atoms with Crippen molar-refractivity contribution in [2.45, 2.75) is 37.5 Å². The second kappa shape index (κ2) is 10.2. The van der Waals surface area contributed by atoms with Crippen LogP contribution in [0.1, 0.15) is 59.1 Å². The van der Waals surface area contributed by atoms with Crippen LogP contribution in [0.5, 0.6) is 0 Å². The molecule has 1 saturated heterocycles. The van der Waals surface area contributed by atoms with E-state index in [9.17, 15) is 23.2 Å². The van der Waals surface area contributed by atoms with Gasteiger partial charge in [0.25, 0.3) is 0 Å². The van der Waals surface area contributed by atoms with E-state index in [0.717, 1.165) is 0 Å². The minimum absolute atomic E-state index is 0.0356. The number of nitrogens with one attached hydrogen (secondary N) is 1. The average Bonchev–Trinajstić information content (AvgIpc) is 2.80. The molecular formula is C22H24F2N4O3. The third kappa shape index (κ3) is 5.10. The highest BCUT2D eigenvalue weighted by Crippen LogP contribution is 2.34. The minimum atomic E-state index is -1.06. The van der Waals surface area contributed by atoms with Gasteiger partial charge in [0.15, 0.2) is 6.29 Å². The minimum Gasteiger partial charge on any atom is -0.359 e. The van der Waals surface area contributed by atoms with E-state index in [4.69, 9.17) is 0 Å². The van der Waals surface area contributed by atoms with Crippen molar-refractivity contribution in [1.82, 2.24) is 15.3 Å². The zero-order chi connectivity index (χ0) is 22.4. The van der Waals surface area contributed by atoms with Gasteiger partial charge in [0.05, 0.1) is 18.3 Å². The molecule has 3 rings (SSSR count). The van der Waals surface area contributed by atoms with Crippen LogP contribution in [0.25, 0.3) is 0 Å². The molecule has 1 unspecified atom stereocenters. The molecule has 1 atom stereocenters. The van der Waals surface area contributed by atoms with E-state index in [1.807, 2.05) is 4.90 Å². The molecule has 31 heavy (non-hydrogen) atoms. The molecule has 1 amide bonds. The van der Waals surface area contributed by atoms with Gasteiger partial charge in [-0.25, -0.2) is 18.7 Å². The Bertz CT molecular complexity index is 921. The van der Waals surface area contributed by atoms with Crippen molar-refractivity contribution in [2.24, 2.45) is 0 Å². The Morgan fingerprint density at radius 3 is 2.39 bits per heavy atom. The first-order chi connectivity index (χ1) is 15.0. The van der Waals surface area contributed by atoms with Gasteiger partial charge in [0, 0.05) is 32.1 Å². The summed E-state index contributed by atoms with van der Waals surface area (Å²) in [5.41, 5.74) is 0.507. The molecule has 0 aliphatic carbocycles. The summed E-state index contributed by atoms with van der Waals surface area (Å²) in [6.45, 7) is 1.26. The third-order valence-electron chi connectivity index (χ3n) is 5.66. The highest BCUT2D eigenvalue weighted by Gasteiger charge is 2.29. The molecule has 9 heteroatoms. The van der Waals surface area contributed by atoms with E-state index < -0.39 is 23.5 Å². The highest BCUT2D eigenvalue weighted by molar-refractivity contribution is 5.83. The van der Waals surface area contributed by atoms with Crippen LogP contribution in [-0.2, 0) is 9.59 Å². The Labute approximate surface area is 178 Å². The number of anilines is 1. The Kier molecular flexibility index (Phi) is 7.38. The number of carbonyl (C=O) groups is 3. The van der Waals surface area contributed by atoms with Crippen LogP contribution in [0.3, 0.4) is 0 Å². The fourth-order valence-corrected chi connectivity index (χ4v) is 3.99. The zero-order valence-electron chi connectivity index (χ0n) is 17.2. The second-order valence-electron chi connectivity index (χ2n) is 7.49. The molecule has 164 valence electrons. The van der Waals surface area contributed by atoms with Crippen molar-refractivity contribution >= 4 is 24.3 Å². The number of carbonyl (C=O) groups excluding carboxylic acids is 3. The first kappa shape index (κ1) is 22.5. The van der Waals surface area contributed by atoms with Crippen molar-refractivity contribution < 1.29 is 23.2 Å². The molecular weight excluding hydrogens is 406 g/mol. The van der Waals surface area contributed by atoms with Gasteiger partial charge in [-0.2, -0.15) is 0 Å². The van der Waals surface area contributed by atoms with Crippen molar-refractivity contribution in [1.29, 1.82) is 0 Å². The van der Waals surface area contributed by atoms with Crippen molar-refractivity contribution in [2.75, 3.05) is 25.0 Å². The second-order valence-corrected chi connectivity index (χ2v) is 7.49.